The van der Waals surface area contributed by atoms with Crippen molar-refractivity contribution in [3.05, 3.63) is 28.3 Å². The molecule has 1 saturated heterocycles. The number of hydrogen-bond acceptors (Lipinski definition) is 6. The highest BCUT2D eigenvalue weighted by molar-refractivity contribution is 7.89. The van der Waals surface area contributed by atoms with Gasteiger partial charge in [0, 0.05) is 12.7 Å². The first-order chi connectivity index (χ1) is 9.23. The lowest BCUT2D eigenvalue weighted by Gasteiger charge is -2.23. The van der Waals surface area contributed by atoms with Crippen molar-refractivity contribution in [2.75, 3.05) is 18.9 Å². The normalized spacial score (nSPS) is 22.9. The highest BCUT2D eigenvalue weighted by Crippen LogP contribution is 2.26. The number of rotatable bonds is 4. The number of nitro groups is 1. The molecule has 1 unspecified atom stereocenters. The Morgan fingerprint density at radius 2 is 2.20 bits per heavy atom. The summed E-state index contributed by atoms with van der Waals surface area (Å²) in [6.45, 7) is 2.47. The first-order valence-electron chi connectivity index (χ1n) is 5.89. The van der Waals surface area contributed by atoms with Gasteiger partial charge in [-0.05, 0) is 25.5 Å². The fraction of sp³-hybridized carbons (Fsp3) is 0.455. The van der Waals surface area contributed by atoms with E-state index < -0.39 is 26.2 Å². The van der Waals surface area contributed by atoms with E-state index in [9.17, 15) is 18.5 Å². The number of nitrogens with one attached hydrogen (secondary N) is 1. The molecule has 9 heteroatoms. The molecule has 1 atom stereocenters. The van der Waals surface area contributed by atoms with E-state index in [1.807, 2.05) is 0 Å². The lowest BCUT2D eigenvalue weighted by Crippen LogP contribution is -2.46. The Balaban J connectivity index is 2.34. The van der Waals surface area contributed by atoms with Gasteiger partial charge in [-0.15, -0.1) is 0 Å². The van der Waals surface area contributed by atoms with Crippen LogP contribution in [0.5, 0.6) is 0 Å². The molecule has 0 saturated carbocycles. The standard InChI is InChI=1S/C11H15N3O5S/c1-11(4-5-19-7-11)13-20(17,18)8-2-3-9(12)10(6-8)14(15)16/h2-3,6,13H,4-5,7,12H2,1H3. The lowest BCUT2D eigenvalue weighted by molar-refractivity contribution is -0.384. The monoisotopic (exact) mass is 301 g/mol. The summed E-state index contributed by atoms with van der Waals surface area (Å²) in [5.74, 6) is 0. The molecule has 2 rings (SSSR count). The first kappa shape index (κ1) is 14.7. The maximum atomic E-state index is 12.2. The van der Waals surface area contributed by atoms with Crippen molar-refractivity contribution in [2.45, 2.75) is 23.8 Å². The molecule has 1 fully saturated rings. The highest BCUT2D eigenvalue weighted by Gasteiger charge is 2.35. The SMILES string of the molecule is CC1(NS(=O)(=O)c2ccc(N)c([N+](=O)[O-])c2)CCOC1. The molecule has 1 aromatic carbocycles. The van der Waals surface area contributed by atoms with E-state index in [-0.39, 0.29) is 17.2 Å². The predicted octanol–water partition coefficient (Wildman–Crippen LogP) is 0.634. The molecule has 0 aliphatic carbocycles. The third-order valence-corrected chi connectivity index (χ3v) is 4.74. The summed E-state index contributed by atoms with van der Waals surface area (Å²) in [4.78, 5) is 9.90. The van der Waals surface area contributed by atoms with Crippen LogP contribution in [0.15, 0.2) is 23.1 Å². The zero-order valence-corrected chi connectivity index (χ0v) is 11.6. The van der Waals surface area contributed by atoms with E-state index in [0.717, 1.165) is 6.07 Å². The van der Waals surface area contributed by atoms with Crippen LogP contribution in [-0.2, 0) is 14.8 Å². The summed E-state index contributed by atoms with van der Waals surface area (Å²) in [5.41, 5.74) is 4.24. The van der Waals surface area contributed by atoms with Crippen LogP contribution in [0, 0.1) is 10.1 Å². The van der Waals surface area contributed by atoms with Crippen molar-refractivity contribution in [1.82, 2.24) is 4.72 Å². The van der Waals surface area contributed by atoms with Crippen molar-refractivity contribution in [2.24, 2.45) is 0 Å². The quantitative estimate of drug-likeness (QED) is 0.477. The maximum Gasteiger partial charge on any atom is 0.293 e. The van der Waals surface area contributed by atoms with Gasteiger partial charge in [-0.1, -0.05) is 0 Å². The topological polar surface area (TPSA) is 125 Å². The second-order valence-corrected chi connectivity index (χ2v) is 6.63. The number of ether oxygens (including phenoxy) is 1. The summed E-state index contributed by atoms with van der Waals surface area (Å²) in [6.07, 6.45) is 0.545. The molecule has 20 heavy (non-hydrogen) atoms. The minimum Gasteiger partial charge on any atom is -0.393 e. The largest absolute Gasteiger partial charge is 0.393 e. The third-order valence-electron chi connectivity index (χ3n) is 3.11. The van der Waals surface area contributed by atoms with Gasteiger partial charge in [-0.2, -0.15) is 0 Å². The minimum atomic E-state index is -3.86. The summed E-state index contributed by atoms with van der Waals surface area (Å²) in [7, 11) is -3.86. The zero-order chi connectivity index (χ0) is 15.0. The molecule has 0 radical (unpaired) electrons. The minimum absolute atomic E-state index is 0.0793. The number of sulfonamides is 1. The van der Waals surface area contributed by atoms with Crippen LogP contribution < -0.4 is 10.5 Å². The van der Waals surface area contributed by atoms with Gasteiger partial charge in [-0.3, -0.25) is 10.1 Å². The molecule has 0 bridgehead atoms. The van der Waals surface area contributed by atoms with Gasteiger partial charge in [0.05, 0.1) is 22.0 Å². The summed E-state index contributed by atoms with van der Waals surface area (Å²) in [6, 6.07) is 3.40. The number of nitrogen functional groups attached to an aromatic ring is 1. The van der Waals surface area contributed by atoms with Gasteiger partial charge in [0.25, 0.3) is 5.69 Å². The number of nitrogens with zero attached hydrogens (tertiary/aromatic N) is 1. The summed E-state index contributed by atoms with van der Waals surface area (Å²) in [5, 5.41) is 10.8. The predicted molar refractivity (Wildman–Crippen MR) is 71.7 cm³/mol. The smallest absolute Gasteiger partial charge is 0.293 e. The van der Waals surface area contributed by atoms with E-state index in [2.05, 4.69) is 4.72 Å². The number of nitrogens with two attached hydrogens (primary N) is 1. The summed E-state index contributed by atoms with van der Waals surface area (Å²) >= 11 is 0. The molecule has 0 aromatic heterocycles. The van der Waals surface area contributed by atoms with Crippen molar-refractivity contribution in [3.63, 3.8) is 0 Å². The van der Waals surface area contributed by atoms with Crippen LogP contribution in [0.3, 0.4) is 0 Å². The van der Waals surface area contributed by atoms with Gasteiger partial charge in [-0.25, -0.2) is 13.1 Å². The molecule has 8 nitrogen and oxygen atoms in total. The van der Waals surface area contributed by atoms with E-state index in [1.54, 1.807) is 6.92 Å². The Morgan fingerprint density at radius 3 is 2.75 bits per heavy atom. The number of benzene rings is 1. The fourth-order valence-electron chi connectivity index (χ4n) is 1.98. The highest BCUT2D eigenvalue weighted by atomic mass is 32.2. The molecule has 110 valence electrons. The third kappa shape index (κ3) is 2.89. The van der Waals surface area contributed by atoms with Gasteiger partial charge in [0.2, 0.25) is 10.0 Å². The van der Waals surface area contributed by atoms with E-state index in [4.69, 9.17) is 10.5 Å². The van der Waals surface area contributed by atoms with Gasteiger partial charge in [0.1, 0.15) is 5.69 Å². The molecule has 1 aliphatic heterocycles. The molecular formula is C11H15N3O5S. The average molecular weight is 301 g/mol. The number of anilines is 1. The molecule has 1 heterocycles. The van der Waals surface area contributed by atoms with Gasteiger partial charge in [0.15, 0.2) is 0 Å². The molecular weight excluding hydrogens is 286 g/mol. The van der Waals surface area contributed by atoms with Gasteiger partial charge >= 0.3 is 0 Å². The Hall–Kier alpha value is -1.71. The maximum absolute atomic E-state index is 12.2. The zero-order valence-electron chi connectivity index (χ0n) is 10.8. The van der Waals surface area contributed by atoms with E-state index >= 15 is 0 Å². The van der Waals surface area contributed by atoms with Crippen molar-refractivity contribution in [3.8, 4) is 0 Å². The molecule has 3 N–H and O–H groups in total. The number of hydrogen-bond donors (Lipinski definition) is 2. The summed E-state index contributed by atoms with van der Waals surface area (Å²) < 4.78 is 32.2. The van der Waals surface area contributed by atoms with Crippen molar-refractivity contribution in [1.29, 1.82) is 0 Å². The molecule has 1 aliphatic rings. The average Bonchev–Trinajstić information content (AvgIpc) is 2.74. The first-order valence-corrected chi connectivity index (χ1v) is 7.37. The van der Waals surface area contributed by atoms with Crippen LogP contribution in [0.25, 0.3) is 0 Å². The Morgan fingerprint density at radius 1 is 1.50 bits per heavy atom. The Kier molecular flexibility index (Phi) is 3.67. The fourth-order valence-corrected chi connectivity index (χ4v) is 3.42. The van der Waals surface area contributed by atoms with Crippen LogP contribution >= 0.6 is 0 Å². The Bertz CT molecular complexity index is 637. The van der Waals surface area contributed by atoms with Crippen LogP contribution in [0.4, 0.5) is 11.4 Å². The second-order valence-electron chi connectivity index (χ2n) is 4.95. The van der Waals surface area contributed by atoms with E-state index in [1.165, 1.54) is 12.1 Å². The van der Waals surface area contributed by atoms with Crippen molar-refractivity contribution < 1.29 is 18.1 Å². The van der Waals surface area contributed by atoms with E-state index in [0.29, 0.717) is 13.0 Å². The van der Waals surface area contributed by atoms with Crippen molar-refractivity contribution >= 4 is 21.4 Å². The Labute approximate surface area is 116 Å². The second kappa shape index (κ2) is 5.00. The number of nitro benzene ring substituents is 1. The van der Waals surface area contributed by atoms with Gasteiger partial charge < -0.3 is 10.5 Å². The van der Waals surface area contributed by atoms with Crippen LogP contribution in [0.1, 0.15) is 13.3 Å². The van der Waals surface area contributed by atoms with Crippen LogP contribution in [-0.4, -0.2) is 32.1 Å². The van der Waals surface area contributed by atoms with Crippen LogP contribution in [0.2, 0.25) is 0 Å². The molecule has 0 spiro atoms. The molecule has 1 aromatic rings. The lowest BCUT2D eigenvalue weighted by atomic mass is 10.0. The molecule has 0 amide bonds.